The number of aliphatic carboxylic acids is 1. The predicted molar refractivity (Wildman–Crippen MR) is 72.5 cm³/mol. The van der Waals surface area contributed by atoms with Gasteiger partial charge in [-0.3, -0.25) is 9.69 Å². The van der Waals surface area contributed by atoms with Gasteiger partial charge in [0.2, 0.25) is 0 Å². The highest BCUT2D eigenvalue weighted by molar-refractivity contribution is 5.73. The molecular formula is C13H22N4O3. The van der Waals surface area contributed by atoms with Crippen LogP contribution in [0.25, 0.3) is 0 Å². The van der Waals surface area contributed by atoms with E-state index in [9.17, 15) is 9.90 Å². The van der Waals surface area contributed by atoms with Crippen LogP contribution in [-0.2, 0) is 16.1 Å². The van der Waals surface area contributed by atoms with Crippen molar-refractivity contribution in [2.45, 2.75) is 45.9 Å². The summed E-state index contributed by atoms with van der Waals surface area (Å²) in [6.07, 6.45) is 0.556. The van der Waals surface area contributed by atoms with Crippen molar-refractivity contribution in [3.63, 3.8) is 0 Å². The Morgan fingerprint density at radius 2 is 2.30 bits per heavy atom. The number of carboxylic acids is 1. The zero-order valence-electron chi connectivity index (χ0n) is 12.2. The lowest BCUT2D eigenvalue weighted by atomic mass is 10.1. The molecule has 0 saturated carbocycles. The van der Waals surface area contributed by atoms with Gasteiger partial charge in [0.25, 0.3) is 0 Å². The predicted octanol–water partition coefficient (Wildman–Crippen LogP) is 0.459. The molecule has 20 heavy (non-hydrogen) atoms. The molecule has 0 spiro atoms. The minimum Gasteiger partial charge on any atom is -0.480 e. The first-order valence-corrected chi connectivity index (χ1v) is 6.97. The second-order valence-electron chi connectivity index (χ2n) is 5.14. The van der Waals surface area contributed by atoms with Crippen LogP contribution in [0, 0.1) is 13.8 Å². The first-order chi connectivity index (χ1) is 9.51. The summed E-state index contributed by atoms with van der Waals surface area (Å²) in [7, 11) is 0. The highest BCUT2D eigenvalue weighted by Crippen LogP contribution is 2.13. The molecule has 1 fully saturated rings. The van der Waals surface area contributed by atoms with Crippen LogP contribution < -0.4 is 0 Å². The Balaban J connectivity index is 2.00. The number of carbonyl (C=O) groups is 1. The zero-order chi connectivity index (χ0) is 14.7. The maximum absolute atomic E-state index is 11.2. The molecule has 0 bridgehead atoms. The third-order valence-electron chi connectivity index (χ3n) is 3.62. The van der Waals surface area contributed by atoms with Crippen molar-refractivity contribution < 1.29 is 14.6 Å². The van der Waals surface area contributed by atoms with Crippen LogP contribution in [0.3, 0.4) is 0 Å². The van der Waals surface area contributed by atoms with E-state index in [-0.39, 0.29) is 6.10 Å². The Labute approximate surface area is 118 Å². The highest BCUT2D eigenvalue weighted by Gasteiger charge is 2.30. The van der Waals surface area contributed by atoms with Gasteiger partial charge in [0.05, 0.1) is 19.3 Å². The van der Waals surface area contributed by atoms with Gasteiger partial charge >= 0.3 is 5.97 Å². The molecule has 1 aromatic rings. The van der Waals surface area contributed by atoms with Crippen molar-refractivity contribution in [1.82, 2.24) is 19.7 Å². The van der Waals surface area contributed by atoms with Crippen molar-refractivity contribution in [2.75, 3.05) is 19.7 Å². The van der Waals surface area contributed by atoms with Crippen molar-refractivity contribution >= 4 is 5.97 Å². The Kier molecular flexibility index (Phi) is 4.72. The van der Waals surface area contributed by atoms with Crippen LogP contribution in [0.4, 0.5) is 0 Å². The minimum atomic E-state index is -0.763. The number of aryl methyl sites for hydroxylation is 2. The number of aromatic nitrogens is 3. The Morgan fingerprint density at radius 3 is 2.85 bits per heavy atom. The van der Waals surface area contributed by atoms with E-state index in [4.69, 9.17) is 4.74 Å². The summed E-state index contributed by atoms with van der Waals surface area (Å²) in [6.45, 7) is 8.11. The smallest absolute Gasteiger partial charge is 0.320 e. The van der Waals surface area contributed by atoms with E-state index >= 15 is 0 Å². The molecule has 7 heteroatoms. The van der Waals surface area contributed by atoms with Gasteiger partial charge < -0.3 is 9.84 Å². The molecule has 0 aliphatic carbocycles. The van der Waals surface area contributed by atoms with E-state index in [0.717, 1.165) is 11.6 Å². The van der Waals surface area contributed by atoms with E-state index in [0.29, 0.717) is 32.7 Å². The molecule has 1 saturated heterocycles. The van der Waals surface area contributed by atoms with Crippen LogP contribution in [0.2, 0.25) is 0 Å². The molecule has 1 aliphatic heterocycles. The molecule has 1 aromatic heterocycles. The number of ether oxygens (including phenoxy) is 1. The first kappa shape index (κ1) is 14.9. The molecule has 112 valence electrons. The van der Waals surface area contributed by atoms with Crippen LogP contribution in [0.1, 0.15) is 25.0 Å². The van der Waals surface area contributed by atoms with Crippen molar-refractivity contribution in [3.05, 3.63) is 11.6 Å². The van der Waals surface area contributed by atoms with Gasteiger partial charge in [-0.05, 0) is 20.3 Å². The molecular weight excluding hydrogens is 260 g/mol. The molecule has 2 heterocycles. The summed E-state index contributed by atoms with van der Waals surface area (Å²) in [6, 6.07) is -0.431. The standard InChI is InChI=1S/C13H22N4O3/c1-4-12(13(18)19)16-5-6-20-11(7-16)8-17-10(3)14-9(2)15-17/h11-12H,4-8H2,1-3H3,(H,18,19). The number of carboxylic acid groups (broad SMARTS) is 1. The molecule has 2 atom stereocenters. The van der Waals surface area contributed by atoms with Crippen LogP contribution in [0.5, 0.6) is 0 Å². The molecule has 0 aromatic carbocycles. The summed E-state index contributed by atoms with van der Waals surface area (Å²) in [5.41, 5.74) is 0. The highest BCUT2D eigenvalue weighted by atomic mass is 16.5. The number of nitrogens with zero attached hydrogens (tertiary/aromatic N) is 4. The second-order valence-corrected chi connectivity index (χ2v) is 5.14. The fourth-order valence-electron chi connectivity index (χ4n) is 2.65. The van der Waals surface area contributed by atoms with E-state index in [1.165, 1.54) is 0 Å². The molecule has 0 radical (unpaired) electrons. The summed E-state index contributed by atoms with van der Waals surface area (Å²) >= 11 is 0. The fraction of sp³-hybridized carbons (Fsp3) is 0.769. The molecule has 0 amide bonds. The van der Waals surface area contributed by atoms with Gasteiger partial charge in [0, 0.05) is 13.1 Å². The zero-order valence-corrected chi connectivity index (χ0v) is 12.2. The number of morpholine rings is 1. The van der Waals surface area contributed by atoms with Gasteiger partial charge in [0.15, 0.2) is 0 Å². The SMILES string of the molecule is CCC(C(=O)O)N1CCOC(Cn2nc(C)nc2C)C1. The van der Waals surface area contributed by atoms with E-state index in [1.807, 2.05) is 30.4 Å². The summed E-state index contributed by atoms with van der Waals surface area (Å²) < 4.78 is 7.55. The largest absolute Gasteiger partial charge is 0.480 e. The lowest BCUT2D eigenvalue weighted by Gasteiger charge is -2.36. The van der Waals surface area contributed by atoms with Crippen LogP contribution in [0.15, 0.2) is 0 Å². The number of hydrogen-bond acceptors (Lipinski definition) is 5. The van der Waals surface area contributed by atoms with Crippen molar-refractivity contribution in [1.29, 1.82) is 0 Å². The maximum Gasteiger partial charge on any atom is 0.320 e. The lowest BCUT2D eigenvalue weighted by Crippen LogP contribution is -2.51. The van der Waals surface area contributed by atoms with E-state index in [1.54, 1.807) is 0 Å². The molecule has 2 rings (SSSR count). The second kappa shape index (κ2) is 6.32. The Hall–Kier alpha value is -1.47. The lowest BCUT2D eigenvalue weighted by molar-refractivity contribution is -0.147. The summed E-state index contributed by atoms with van der Waals surface area (Å²) in [5, 5.41) is 13.6. The van der Waals surface area contributed by atoms with E-state index in [2.05, 4.69) is 10.1 Å². The summed E-state index contributed by atoms with van der Waals surface area (Å²) in [5.74, 6) is 0.835. The van der Waals surface area contributed by atoms with Crippen LogP contribution >= 0.6 is 0 Å². The first-order valence-electron chi connectivity index (χ1n) is 6.97. The van der Waals surface area contributed by atoms with Gasteiger partial charge in [-0.2, -0.15) is 5.10 Å². The monoisotopic (exact) mass is 282 g/mol. The van der Waals surface area contributed by atoms with Gasteiger partial charge in [-0.1, -0.05) is 6.92 Å². The number of rotatable bonds is 5. The van der Waals surface area contributed by atoms with Gasteiger partial charge in [-0.25, -0.2) is 9.67 Å². The van der Waals surface area contributed by atoms with Crippen LogP contribution in [-0.4, -0.2) is 62.6 Å². The fourth-order valence-corrected chi connectivity index (χ4v) is 2.65. The van der Waals surface area contributed by atoms with Crippen molar-refractivity contribution in [2.24, 2.45) is 0 Å². The average molecular weight is 282 g/mol. The van der Waals surface area contributed by atoms with E-state index < -0.39 is 12.0 Å². The number of hydrogen-bond donors (Lipinski definition) is 1. The third kappa shape index (κ3) is 3.34. The third-order valence-corrected chi connectivity index (χ3v) is 3.62. The van der Waals surface area contributed by atoms with Gasteiger partial charge in [0.1, 0.15) is 17.7 Å². The average Bonchev–Trinajstić information content (AvgIpc) is 2.68. The minimum absolute atomic E-state index is 0.0445. The normalized spacial score (nSPS) is 21.9. The summed E-state index contributed by atoms with van der Waals surface area (Å²) in [4.78, 5) is 17.5. The molecule has 2 unspecified atom stereocenters. The Bertz CT molecular complexity index is 474. The molecule has 1 N–H and O–H groups in total. The topological polar surface area (TPSA) is 80.5 Å². The quantitative estimate of drug-likeness (QED) is 0.845. The molecule has 7 nitrogen and oxygen atoms in total. The molecule has 1 aliphatic rings. The maximum atomic E-state index is 11.2. The van der Waals surface area contributed by atoms with Crippen molar-refractivity contribution in [3.8, 4) is 0 Å². The Morgan fingerprint density at radius 1 is 1.55 bits per heavy atom. The van der Waals surface area contributed by atoms with Gasteiger partial charge in [-0.15, -0.1) is 0 Å².